The average Bonchev–Trinajstić information content (AvgIpc) is 2.26. The molecular formula is C12H18N2O2. The number of carbonyl (C=O) groups excluding carboxylic acids is 1. The first-order valence-corrected chi connectivity index (χ1v) is 5.12. The van der Waals surface area contributed by atoms with Crippen LogP contribution < -0.4 is 9.80 Å². The molecule has 0 aliphatic heterocycles. The molecule has 0 spiro atoms. The highest BCUT2D eigenvalue weighted by Crippen LogP contribution is 2.24. The molecule has 0 unspecified atom stereocenters. The lowest BCUT2D eigenvalue weighted by atomic mass is 10.1. The van der Waals surface area contributed by atoms with E-state index < -0.39 is 0 Å². The van der Waals surface area contributed by atoms with Crippen LogP contribution in [0.5, 0.6) is 0 Å². The molecule has 1 aromatic carbocycles. The number of hydrogen-bond donors (Lipinski definition) is 1. The molecule has 1 aromatic rings. The van der Waals surface area contributed by atoms with Gasteiger partial charge in [0.05, 0.1) is 6.61 Å². The number of nitrogens with zero attached hydrogens (tertiary/aromatic N) is 2. The lowest BCUT2D eigenvalue weighted by Crippen LogP contribution is -2.23. The topological polar surface area (TPSA) is 43.8 Å². The molecule has 0 aliphatic carbocycles. The Labute approximate surface area is 96.1 Å². The number of anilines is 2. The molecule has 0 fully saturated rings. The molecule has 0 radical (unpaired) electrons. The van der Waals surface area contributed by atoms with Crippen molar-refractivity contribution < 1.29 is 9.90 Å². The van der Waals surface area contributed by atoms with Crippen LogP contribution in [0.15, 0.2) is 18.2 Å². The predicted molar refractivity (Wildman–Crippen MR) is 65.8 cm³/mol. The van der Waals surface area contributed by atoms with Crippen LogP contribution in [0.2, 0.25) is 0 Å². The van der Waals surface area contributed by atoms with Gasteiger partial charge < -0.3 is 14.9 Å². The standard InChI is InChI=1S/C12H18N2O2/c1-9(16)14(4)11-5-6-12(13(2)3)10(7-11)8-15/h5-7,15H,8H2,1-4H3. The lowest BCUT2D eigenvalue weighted by Gasteiger charge is -2.20. The maximum atomic E-state index is 11.2. The van der Waals surface area contributed by atoms with Crippen molar-refractivity contribution in [1.29, 1.82) is 0 Å². The van der Waals surface area contributed by atoms with E-state index >= 15 is 0 Å². The number of carbonyl (C=O) groups is 1. The van der Waals surface area contributed by atoms with Crippen LogP contribution in [-0.2, 0) is 11.4 Å². The van der Waals surface area contributed by atoms with E-state index in [4.69, 9.17) is 0 Å². The molecule has 1 amide bonds. The summed E-state index contributed by atoms with van der Waals surface area (Å²) >= 11 is 0. The maximum absolute atomic E-state index is 11.2. The molecule has 0 bridgehead atoms. The van der Waals surface area contributed by atoms with Gasteiger partial charge in [-0.3, -0.25) is 4.79 Å². The van der Waals surface area contributed by atoms with Gasteiger partial charge in [-0.1, -0.05) is 0 Å². The van der Waals surface area contributed by atoms with Crippen molar-refractivity contribution in [2.45, 2.75) is 13.5 Å². The van der Waals surface area contributed by atoms with E-state index in [1.807, 2.05) is 37.2 Å². The Bertz CT molecular complexity index is 389. The zero-order valence-electron chi connectivity index (χ0n) is 10.2. The summed E-state index contributed by atoms with van der Waals surface area (Å²) in [7, 11) is 5.56. The molecule has 0 saturated carbocycles. The van der Waals surface area contributed by atoms with Crippen LogP contribution in [-0.4, -0.2) is 32.2 Å². The summed E-state index contributed by atoms with van der Waals surface area (Å²) in [5, 5.41) is 9.28. The van der Waals surface area contributed by atoms with Gasteiger partial charge in [0.25, 0.3) is 0 Å². The first kappa shape index (κ1) is 12.5. The Morgan fingerprint density at radius 3 is 2.38 bits per heavy atom. The Morgan fingerprint density at radius 2 is 1.94 bits per heavy atom. The number of hydrogen-bond acceptors (Lipinski definition) is 3. The van der Waals surface area contributed by atoms with Gasteiger partial charge in [-0.05, 0) is 18.2 Å². The SMILES string of the molecule is CC(=O)N(C)c1ccc(N(C)C)c(CO)c1. The third kappa shape index (κ3) is 2.52. The van der Waals surface area contributed by atoms with Crippen LogP contribution in [0.3, 0.4) is 0 Å². The van der Waals surface area contributed by atoms with E-state index in [2.05, 4.69) is 0 Å². The summed E-state index contributed by atoms with van der Waals surface area (Å²) in [6.07, 6.45) is 0. The molecule has 1 rings (SSSR count). The van der Waals surface area contributed by atoms with Gasteiger partial charge in [-0.15, -0.1) is 0 Å². The van der Waals surface area contributed by atoms with E-state index in [-0.39, 0.29) is 12.5 Å². The zero-order chi connectivity index (χ0) is 12.3. The van der Waals surface area contributed by atoms with Crippen molar-refractivity contribution in [2.75, 3.05) is 30.9 Å². The smallest absolute Gasteiger partial charge is 0.223 e. The fraction of sp³-hybridized carbons (Fsp3) is 0.417. The summed E-state index contributed by atoms with van der Waals surface area (Å²) in [4.78, 5) is 14.7. The molecule has 0 aromatic heterocycles. The Balaban J connectivity index is 3.13. The van der Waals surface area contributed by atoms with Gasteiger partial charge >= 0.3 is 0 Å². The molecule has 16 heavy (non-hydrogen) atoms. The van der Waals surface area contributed by atoms with E-state index in [1.54, 1.807) is 11.9 Å². The Morgan fingerprint density at radius 1 is 1.31 bits per heavy atom. The number of aliphatic hydroxyl groups is 1. The normalized spacial score (nSPS) is 10.1. The van der Waals surface area contributed by atoms with E-state index in [9.17, 15) is 9.90 Å². The fourth-order valence-electron chi connectivity index (χ4n) is 1.53. The molecule has 4 heteroatoms. The molecule has 0 aliphatic rings. The van der Waals surface area contributed by atoms with Gasteiger partial charge in [0, 0.05) is 45.0 Å². The van der Waals surface area contributed by atoms with Crippen LogP contribution in [0.1, 0.15) is 12.5 Å². The minimum Gasteiger partial charge on any atom is -0.392 e. The number of rotatable bonds is 3. The second kappa shape index (κ2) is 4.99. The second-order valence-corrected chi connectivity index (χ2v) is 3.94. The van der Waals surface area contributed by atoms with E-state index in [0.717, 1.165) is 16.9 Å². The fourth-order valence-corrected chi connectivity index (χ4v) is 1.53. The highest BCUT2D eigenvalue weighted by molar-refractivity contribution is 5.91. The zero-order valence-corrected chi connectivity index (χ0v) is 10.2. The quantitative estimate of drug-likeness (QED) is 0.836. The van der Waals surface area contributed by atoms with Crippen molar-refractivity contribution in [3.05, 3.63) is 23.8 Å². The highest BCUT2D eigenvalue weighted by Gasteiger charge is 2.09. The third-order valence-corrected chi connectivity index (χ3v) is 2.57. The van der Waals surface area contributed by atoms with Crippen LogP contribution in [0.25, 0.3) is 0 Å². The van der Waals surface area contributed by atoms with Crippen molar-refractivity contribution >= 4 is 17.3 Å². The van der Waals surface area contributed by atoms with Crippen LogP contribution >= 0.6 is 0 Å². The average molecular weight is 222 g/mol. The largest absolute Gasteiger partial charge is 0.392 e. The molecule has 0 saturated heterocycles. The molecule has 0 heterocycles. The van der Waals surface area contributed by atoms with Crippen molar-refractivity contribution in [3.63, 3.8) is 0 Å². The maximum Gasteiger partial charge on any atom is 0.223 e. The number of benzene rings is 1. The van der Waals surface area contributed by atoms with E-state index in [1.165, 1.54) is 6.92 Å². The summed E-state index contributed by atoms with van der Waals surface area (Å²) in [6.45, 7) is 1.48. The summed E-state index contributed by atoms with van der Waals surface area (Å²) in [5.41, 5.74) is 2.57. The Kier molecular flexibility index (Phi) is 3.90. The van der Waals surface area contributed by atoms with Gasteiger partial charge in [0.2, 0.25) is 5.91 Å². The predicted octanol–water partition coefficient (Wildman–Crippen LogP) is 1.23. The highest BCUT2D eigenvalue weighted by atomic mass is 16.3. The first-order chi connectivity index (χ1) is 7.47. The van der Waals surface area contributed by atoms with Gasteiger partial charge in [0.1, 0.15) is 0 Å². The minimum atomic E-state index is -0.0346. The van der Waals surface area contributed by atoms with Crippen LogP contribution in [0.4, 0.5) is 11.4 Å². The first-order valence-electron chi connectivity index (χ1n) is 5.12. The summed E-state index contributed by atoms with van der Waals surface area (Å²) in [5.74, 6) is -0.0264. The lowest BCUT2D eigenvalue weighted by molar-refractivity contribution is -0.116. The molecule has 4 nitrogen and oxygen atoms in total. The van der Waals surface area contributed by atoms with Gasteiger partial charge in [0.15, 0.2) is 0 Å². The summed E-state index contributed by atoms with van der Waals surface area (Å²) < 4.78 is 0. The molecule has 0 atom stereocenters. The number of amides is 1. The van der Waals surface area contributed by atoms with Gasteiger partial charge in [-0.25, -0.2) is 0 Å². The van der Waals surface area contributed by atoms with Crippen LogP contribution in [0, 0.1) is 0 Å². The van der Waals surface area contributed by atoms with Gasteiger partial charge in [-0.2, -0.15) is 0 Å². The minimum absolute atomic E-state index is 0.0264. The monoisotopic (exact) mass is 222 g/mol. The van der Waals surface area contributed by atoms with Crippen molar-refractivity contribution in [2.24, 2.45) is 0 Å². The molecule has 1 N–H and O–H groups in total. The van der Waals surface area contributed by atoms with Crippen molar-refractivity contribution in [1.82, 2.24) is 0 Å². The van der Waals surface area contributed by atoms with E-state index in [0.29, 0.717) is 0 Å². The van der Waals surface area contributed by atoms with Crippen molar-refractivity contribution in [3.8, 4) is 0 Å². The summed E-state index contributed by atoms with van der Waals surface area (Å²) in [6, 6.07) is 5.60. The number of aliphatic hydroxyl groups excluding tert-OH is 1. The Hall–Kier alpha value is -1.55. The third-order valence-electron chi connectivity index (χ3n) is 2.57. The molecule has 88 valence electrons. The molecular weight excluding hydrogens is 204 g/mol. The second-order valence-electron chi connectivity index (χ2n) is 3.94.